The molecule has 0 saturated carbocycles. The number of hydrogen-bond acceptors (Lipinski definition) is 8. The average Bonchev–Trinajstić information content (AvgIpc) is 2.64. The Hall–Kier alpha value is -3.27. The molecule has 0 saturated heterocycles. The van der Waals surface area contributed by atoms with Gasteiger partial charge in [0.15, 0.2) is 0 Å². The number of aliphatic hydroxyl groups is 1. The Balaban J connectivity index is 2.15. The molecule has 138 valence electrons. The summed E-state index contributed by atoms with van der Waals surface area (Å²) in [5.74, 6) is -0.424. The smallest absolute Gasteiger partial charge is 0.355 e. The maximum absolute atomic E-state index is 12.0. The number of benzene rings is 1. The standard InChI is InChI=1S/C16H20N6O4/c1-2-21(8-9-23)16-14(22(25)26)15(17-11-18-16)20-19-13(24)10-12-6-4-3-5-7-12/h3-7,11,23H,2,8-10H2,1H3,(H,19,24)(H,17,18,20). The van der Waals surface area contributed by atoms with Gasteiger partial charge in [-0.3, -0.25) is 25.8 Å². The fourth-order valence-electron chi connectivity index (χ4n) is 2.35. The van der Waals surface area contributed by atoms with Gasteiger partial charge >= 0.3 is 5.69 Å². The Morgan fingerprint density at radius 3 is 2.65 bits per heavy atom. The van der Waals surface area contributed by atoms with Crippen LogP contribution in [0.1, 0.15) is 12.5 Å². The first-order valence-electron chi connectivity index (χ1n) is 8.00. The number of nitro groups is 1. The van der Waals surface area contributed by atoms with Crippen molar-refractivity contribution in [2.75, 3.05) is 30.0 Å². The number of rotatable bonds is 9. The largest absolute Gasteiger partial charge is 0.395 e. The molecule has 1 heterocycles. The summed E-state index contributed by atoms with van der Waals surface area (Å²) >= 11 is 0. The highest BCUT2D eigenvalue weighted by Gasteiger charge is 2.26. The highest BCUT2D eigenvalue weighted by atomic mass is 16.6. The van der Waals surface area contributed by atoms with Gasteiger partial charge in [-0.2, -0.15) is 0 Å². The van der Waals surface area contributed by atoms with E-state index in [1.807, 2.05) is 18.2 Å². The van der Waals surface area contributed by atoms with Crippen LogP contribution < -0.4 is 15.8 Å². The molecular weight excluding hydrogens is 340 g/mol. The van der Waals surface area contributed by atoms with Crippen molar-refractivity contribution in [2.24, 2.45) is 0 Å². The number of aliphatic hydroxyl groups excluding tert-OH is 1. The third-order valence-corrected chi connectivity index (χ3v) is 3.56. The van der Waals surface area contributed by atoms with Crippen LogP contribution in [0.2, 0.25) is 0 Å². The van der Waals surface area contributed by atoms with E-state index in [2.05, 4.69) is 20.8 Å². The summed E-state index contributed by atoms with van der Waals surface area (Å²) < 4.78 is 0. The van der Waals surface area contributed by atoms with Crippen LogP contribution in [0.4, 0.5) is 17.3 Å². The quantitative estimate of drug-likeness (QED) is 0.443. The minimum Gasteiger partial charge on any atom is -0.395 e. The topological polar surface area (TPSA) is 134 Å². The monoisotopic (exact) mass is 360 g/mol. The Morgan fingerprint density at radius 1 is 1.31 bits per heavy atom. The molecule has 0 spiro atoms. The van der Waals surface area contributed by atoms with Crippen molar-refractivity contribution in [3.05, 3.63) is 52.3 Å². The lowest BCUT2D eigenvalue weighted by molar-refractivity contribution is -0.383. The van der Waals surface area contributed by atoms with E-state index in [1.165, 1.54) is 0 Å². The lowest BCUT2D eigenvalue weighted by Crippen LogP contribution is -2.32. The van der Waals surface area contributed by atoms with Crippen LogP contribution in [0.5, 0.6) is 0 Å². The van der Waals surface area contributed by atoms with Crippen molar-refractivity contribution in [3.8, 4) is 0 Å². The molecule has 1 amide bonds. The second kappa shape index (κ2) is 9.28. The highest BCUT2D eigenvalue weighted by molar-refractivity contribution is 5.81. The van der Waals surface area contributed by atoms with Gasteiger partial charge in [0.2, 0.25) is 17.5 Å². The van der Waals surface area contributed by atoms with Gasteiger partial charge in [0.25, 0.3) is 0 Å². The molecule has 1 aromatic heterocycles. The second-order valence-electron chi connectivity index (χ2n) is 5.29. The van der Waals surface area contributed by atoms with Gasteiger partial charge in [-0.1, -0.05) is 30.3 Å². The summed E-state index contributed by atoms with van der Waals surface area (Å²) in [7, 11) is 0. The molecule has 26 heavy (non-hydrogen) atoms. The van der Waals surface area contributed by atoms with E-state index >= 15 is 0 Å². The molecule has 0 aliphatic heterocycles. The highest BCUT2D eigenvalue weighted by Crippen LogP contribution is 2.31. The Bertz CT molecular complexity index is 756. The van der Waals surface area contributed by atoms with Crippen LogP contribution in [0.15, 0.2) is 36.7 Å². The Labute approximate surface area is 150 Å². The van der Waals surface area contributed by atoms with Crippen LogP contribution in [-0.4, -0.2) is 45.6 Å². The molecule has 0 bridgehead atoms. The molecule has 0 unspecified atom stereocenters. The first kappa shape index (κ1) is 19.1. The second-order valence-corrected chi connectivity index (χ2v) is 5.29. The van der Waals surface area contributed by atoms with Crippen LogP contribution in [0, 0.1) is 10.1 Å². The van der Waals surface area contributed by atoms with E-state index in [0.717, 1.165) is 11.9 Å². The molecule has 2 rings (SSSR count). The fourth-order valence-corrected chi connectivity index (χ4v) is 2.35. The van der Waals surface area contributed by atoms with Crippen LogP contribution >= 0.6 is 0 Å². The van der Waals surface area contributed by atoms with Crippen molar-refractivity contribution in [1.82, 2.24) is 15.4 Å². The van der Waals surface area contributed by atoms with Crippen LogP contribution in [0.25, 0.3) is 0 Å². The number of aromatic nitrogens is 2. The predicted molar refractivity (Wildman–Crippen MR) is 95.6 cm³/mol. The van der Waals surface area contributed by atoms with E-state index in [9.17, 15) is 14.9 Å². The maximum atomic E-state index is 12.0. The zero-order valence-electron chi connectivity index (χ0n) is 14.3. The van der Waals surface area contributed by atoms with Gasteiger partial charge in [-0.25, -0.2) is 9.97 Å². The molecule has 3 N–H and O–H groups in total. The number of carbonyl (C=O) groups is 1. The number of likely N-dealkylation sites (N-methyl/N-ethyl adjacent to an activating group) is 1. The third kappa shape index (κ3) is 4.86. The van der Waals surface area contributed by atoms with E-state index in [0.29, 0.717) is 6.54 Å². The molecule has 0 fully saturated rings. The summed E-state index contributed by atoms with van der Waals surface area (Å²) in [5.41, 5.74) is 5.34. The number of amides is 1. The van der Waals surface area contributed by atoms with E-state index < -0.39 is 4.92 Å². The molecule has 2 aromatic rings. The average molecular weight is 360 g/mol. The van der Waals surface area contributed by atoms with Gasteiger partial charge in [-0.15, -0.1) is 0 Å². The van der Waals surface area contributed by atoms with Crippen LogP contribution in [-0.2, 0) is 11.2 Å². The maximum Gasteiger partial charge on any atom is 0.355 e. The minimum absolute atomic E-state index is 0.0707. The van der Waals surface area contributed by atoms with Gasteiger partial charge < -0.3 is 10.0 Å². The molecule has 0 aliphatic rings. The van der Waals surface area contributed by atoms with Crippen molar-refractivity contribution in [2.45, 2.75) is 13.3 Å². The van der Waals surface area contributed by atoms with Gasteiger partial charge in [0.1, 0.15) is 6.33 Å². The fraction of sp³-hybridized carbons (Fsp3) is 0.312. The summed E-state index contributed by atoms with van der Waals surface area (Å²) in [6.45, 7) is 2.22. The van der Waals surface area contributed by atoms with Crippen molar-refractivity contribution in [1.29, 1.82) is 0 Å². The zero-order valence-corrected chi connectivity index (χ0v) is 14.3. The molecule has 10 nitrogen and oxygen atoms in total. The van der Waals surface area contributed by atoms with Crippen molar-refractivity contribution >= 4 is 23.2 Å². The summed E-state index contributed by atoms with van der Waals surface area (Å²) in [4.78, 5) is 32.2. The molecule has 1 aromatic carbocycles. The number of nitrogens with zero attached hydrogens (tertiary/aromatic N) is 4. The summed E-state index contributed by atoms with van der Waals surface area (Å²) in [6, 6.07) is 9.09. The number of nitrogens with one attached hydrogen (secondary N) is 2. The summed E-state index contributed by atoms with van der Waals surface area (Å²) in [5, 5.41) is 20.6. The summed E-state index contributed by atoms with van der Waals surface area (Å²) in [6.07, 6.45) is 1.28. The van der Waals surface area contributed by atoms with Crippen LogP contribution in [0.3, 0.4) is 0 Å². The van der Waals surface area contributed by atoms with Gasteiger partial charge in [0.05, 0.1) is 18.0 Å². The molecule has 0 atom stereocenters. The van der Waals surface area contributed by atoms with Gasteiger partial charge in [0, 0.05) is 13.1 Å². The number of carbonyl (C=O) groups excluding carboxylic acids is 1. The van der Waals surface area contributed by atoms with E-state index in [-0.39, 0.29) is 42.8 Å². The lowest BCUT2D eigenvalue weighted by Gasteiger charge is -2.20. The molecule has 0 aliphatic carbocycles. The minimum atomic E-state index is -0.624. The number of anilines is 2. The predicted octanol–water partition coefficient (Wildman–Crippen LogP) is 0.889. The Kier molecular flexibility index (Phi) is 6.80. The number of hydrazine groups is 1. The Morgan fingerprint density at radius 2 is 2.04 bits per heavy atom. The van der Waals surface area contributed by atoms with Crippen molar-refractivity contribution in [3.63, 3.8) is 0 Å². The lowest BCUT2D eigenvalue weighted by atomic mass is 10.1. The SMILES string of the molecule is CCN(CCO)c1ncnc(NNC(=O)Cc2ccccc2)c1[N+](=O)[O-]. The van der Waals surface area contributed by atoms with E-state index in [1.54, 1.807) is 24.0 Å². The molecular formula is C16H20N6O4. The van der Waals surface area contributed by atoms with E-state index in [4.69, 9.17) is 5.11 Å². The first-order valence-corrected chi connectivity index (χ1v) is 8.00. The normalized spacial score (nSPS) is 10.2. The molecule has 10 heteroatoms. The number of hydrogen-bond donors (Lipinski definition) is 3. The zero-order chi connectivity index (χ0) is 18.9. The third-order valence-electron chi connectivity index (χ3n) is 3.56. The van der Waals surface area contributed by atoms with Crippen molar-refractivity contribution < 1.29 is 14.8 Å². The van der Waals surface area contributed by atoms with Gasteiger partial charge in [-0.05, 0) is 12.5 Å². The first-order chi connectivity index (χ1) is 12.6. The molecule has 0 radical (unpaired) electrons.